The molecule has 2 rings (SSSR count). The number of hydrogen-bond donors (Lipinski definition) is 1. The van der Waals surface area contributed by atoms with Crippen LogP contribution in [-0.4, -0.2) is 18.6 Å². The van der Waals surface area contributed by atoms with Gasteiger partial charge in [-0.1, -0.05) is 11.6 Å². The lowest BCUT2D eigenvalue weighted by molar-refractivity contribution is 0.409. The molecule has 0 saturated carbocycles. The Bertz CT molecular complexity index is 533. The second-order valence-corrected chi connectivity index (χ2v) is 4.54. The molecule has 0 bridgehead atoms. The van der Waals surface area contributed by atoms with Crippen LogP contribution in [0.1, 0.15) is 5.56 Å². The van der Waals surface area contributed by atoms with Gasteiger partial charge in [0, 0.05) is 24.0 Å². The van der Waals surface area contributed by atoms with E-state index in [0.29, 0.717) is 11.6 Å². The number of halogens is 1. The van der Waals surface area contributed by atoms with E-state index in [2.05, 4.69) is 4.98 Å². The zero-order valence-electron chi connectivity index (χ0n) is 10.7. The van der Waals surface area contributed by atoms with Crippen LogP contribution in [0.4, 0.5) is 5.69 Å². The average Bonchev–Trinajstić information content (AvgIpc) is 2.46. The molecule has 0 aliphatic carbocycles. The number of nitrogens with zero attached hydrogens (tertiary/aromatic N) is 2. The highest BCUT2D eigenvalue weighted by Gasteiger charge is 2.06. The van der Waals surface area contributed by atoms with Gasteiger partial charge in [-0.15, -0.1) is 0 Å². The quantitative estimate of drug-likeness (QED) is 0.674. The molecule has 100 valence electrons. The van der Waals surface area contributed by atoms with Crippen molar-refractivity contribution in [3.8, 4) is 5.75 Å². The van der Waals surface area contributed by atoms with E-state index in [1.54, 1.807) is 24.5 Å². The number of ether oxygens (including phenoxy) is 1. The summed E-state index contributed by atoms with van der Waals surface area (Å²) >= 11 is 6.00. The van der Waals surface area contributed by atoms with Gasteiger partial charge in [-0.05, 0) is 42.3 Å². The molecule has 19 heavy (non-hydrogen) atoms. The summed E-state index contributed by atoms with van der Waals surface area (Å²) < 4.78 is 5.31. The van der Waals surface area contributed by atoms with Gasteiger partial charge in [0.15, 0.2) is 0 Å². The van der Waals surface area contributed by atoms with E-state index < -0.39 is 0 Å². The minimum Gasteiger partial charge on any atom is -0.496 e. The lowest BCUT2D eigenvalue weighted by Gasteiger charge is -2.19. The van der Waals surface area contributed by atoms with Crippen LogP contribution in [0.5, 0.6) is 5.75 Å². The highest BCUT2D eigenvalue weighted by Crippen LogP contribution is 2.23. The summed E-state index contributed by atoms with van der Waals surface area (Å²) in [4.78, 5) is 3.97. The van der Waals surface area contributed by atoms with E-state index in [1.165, 1.54) is 0 Å². The highest BCUT2D eigenvalue weighted by molar-refractivity contribution is 6.30. The summed E-state index contributed by atoms with van der Waals surface area (Å²) in [5.74, 6) is 6.83. The third-order valence-electron chi connectivity index (χ3n) is 2.86. The normalized spacial score (nSPS) is 10.3. The van der Waals surface area contributed by atoms with Crippen molar-refractivity contribution >= 4 is 17.3 Å². The predicted molar refractivity (Wildman–Crippen MR) is 77.5 cm³/mol. The molecule has 0 aliphatic heterocycles. The van der Waals surface area contributed by atoms with Crippen molar-refractivity contribution in [3.63, 3.8) is 0 Å². The number of pyridine rings is 1. The van der Waals surface area contributed by atoms with Crippen LogP contribution >= 0.6 is 11.6 Å². The van der Waals surface area contributed by atoms with Crippen LogP contribution in [0.25, 0.3) is 0 Å². The van der Waals surface area contributed by atoms with Crippen LogP contribution in [0.15, 0.2) is 42.7 Å². The molecule has 0 saturated heterocycles. The van der Waals surface area contributed by atoms with E-state index in [9.17, 15) is 0 Å². The van der Waals surface area contributed by atoms with E-state index in [4.69, 9.17) is 22.2 Å². The molecular weight excluding hydrogens is 262 g/mol. The van der Waals surface area contributed by atoms with Crippen molar-refractivity contribution in [2.75, 3.05) is 18.7 Å². The molecule has 0 aliphatic rings. The fraction of sp³-hybridized carbons (Fsp3) is 0.214. The maximum Gasteiger partial charge on any atom is 0.122 e. The summed E-state index contributed by atoms with van der Waals surface area (Å²) in [7, 11) is 1.65. The van der Waals surface area contributed by atoms with Crippen molar-refractivity contribution in [2.45, 2.75) is 6.42 Å². The Balaban J connectivity index is 2.04. The Morgan fingerprint density at radius 1 is 1.26 bits per heavy atom. The molecule has 0 radical (unpaired) electrons. The van der Waals surface area contributed by atoms with Gasteiger partial charge in [-0.2, -0.15) is 0 Å². The molecular formula is C14H16ClN3O. The number of hydrogen-bond acceptors (Lipinski definition) is 4. The van der Waals surface area contributed by atoms with E-state index in [0.717, 1.165) is 23.4 Å². The zero-order chi connectivity index (χ0) is 13.7. The molecule has 4 nitrogen and oxygen atoms in total. The molecule has 2 aromatic rings. The first-order valence-electron chi connectivity index (χ1n) is 5.95. The monoisotopic (exact) mass is 277 g/mol. The number of anilines is 1. The van der Waals surface area contributed by atoms with Crippen molar-refractivity contribution in [1.29, 1.82) is 0 Å². The van der Waals surface area contributed by atoms with Gasteiger partial charge in [0.05, 0.1) is 12.8 Å². The Labute approximate surface area is 117 Å². The van der Waals surface area contributed by atoms with Gasteiger partial charge in [-0.3, -0.25) is 4.98 Å². The molecule has 1 aromatic heterocycles. The number of methoxy groups -OCH3 is 1. The van der Waals surface area contributed by atoms with Crippen LogP contribution in [0.3, 0.4) is 0 Å². The maximum absolute atomic E-state index is 6.00. The minimum atomic E-state index is 0.667. The lowest BCUT2D eigenvalue weighted by Crippen LogP contribution is -2.32. The van der Waals surface area contributed by atoms with Crippen molar-refractivity contribution < 1.29 is 4.74 Å². The van der Waals surface area contributed by atoms with Gasteiger partial charge in [0.25, 0.3) is 0 Å². The molecule has 0 fully saturated rings. The SMILES string of the molecule is COc1ccc(Cl)cc1CCN(N)c1ccncc1. The topological polar surface area (TPSA) is 51.4 Å². The molecule has 0 unspecified atom stereocenters. The summed E-state index contributed by atoms with van der Waals surface area (Å²) in [6.07, 6.45) is 4.19. The third kappa shape index (κ3) is 3.59. The Morgan fingerprint density at radius 2 is 2.00 bits per heavy atom. The predicted octanol–water partition coefficient (Wildman–Crippen LogP) is 2.67. The molecule has 5 heteroatoms. The minimum absolute atomic E-state index is 0.667. The highest BCUT2D eigenvalue weighted by atomic mass is 35.5. The fourth-order valence-corrected chi connectivity index (χ4v) is 2.04. The average molecular weight is 278 g/mol. The van der Waals surface area contributed by atoms with E-state index in [1.807, 2.05) is 30.3 Å². The van der Waals surface area contributed by atoms with Gasteiger partial charge in [-0.25, -0.2) is 5.84 Å². The Morgan fingerprint density at radius 3 is 2.68 bits per heavy atom. The van der Waals surface area contributed by atoms with Crippen LogP contribution in [0, 0.1) is 0 Å². The first-order valence-corrected chi connectivity index (χ1v) is 6.33. The van der Waals surface area contributed by atoms with Gasteiger partial charge in [0.2, 0.25) is 0 Å². The summed E-state index contributed by atoms with van der Waals surface area (Å²) in [6.45, 7) is 0.667. The van der Waals surface area contributed by atoms with Crippen LogP contribution in [-0.2, 0) is 6.42 Å². The van der Waals surface area contributed by atoms with Crippen molar-refractivity contribution in [1.82, 2.24) is 4.98 Å². The number of rotatable bonds is 5. The number of benzene rings is 1. The molecule has 0 amide bonds. The summed E-state index contributed by atoms with van der Waals surface area (Å²) in [6, 6.07) is 9.32. The molecule has 1 heterocycles. The standard InChI is InChI=1S/C14H16ClN3O/c1-19-14-3-2-12(15)10-11(14)6-9-18(16)13-4-7-17-8-5-13/h2-5,7-8,10H,6,9,16H2,1H3. The summed E-state index contributed by atoms with van der Waals surface area (Å²) in [5, 5.41) is 2.38. The lowest BCUT2D eigenvalue weighted by atomic mass is 10.1. The van der Waals surface area contributed by atoms with Crippen molar-refractivity contribution in [2.24, 2.45) is 5.84 Å². The first-order chi connectivity index (χ1) is 9.20. The molecule has 0 atom stereocenters. The number of nitrogens with two attached hydrogens (primary N) is 1. The van der Waals surface area contributed by atoms with E-state index >= 15 is 0 Å². The van der Waals surface area contributed by atoms with Gasteiger partial charge < -0.3 is 9.75 Å². The van der Waals surface area contributed by atoms with Crippen molar-refractivity contribution in [3.05, 3.63) is 53.3 Å². The second-order valence-electron chi connectivity index (χ2n) is 4.10. The molecule has 2 N–H and O–H groups in total. The van der Waals surface area contributed by atoms with Crippen LogP contribution < -0.4 is 15.6 Å². The number of hydrazine groups is 1. The third-order valence-corrected chi connectivity index (χ3v) is 3.09. The summed E-state index contributed by atoms with van der Waals surface area (Å²) in [5.41, 5.74) is 1.97. The van der Waals surface area contributed by atoms with Gasteiger partial charge >= 0.3 is 0 Å². The largest absolute Gasteiger partial charge is 0.496 e. The smallest absolute Gasteiger partial charge is 0.122 e. The zero-order valence-corrected chi connectivity index (χ0v) is 11.5. The first kappa shape index (κ1) is 13.6. The number of aromatic nitrogens is 1. The van der Waals surface area contributed by atoms with Crippen LogP contribution in [0.2, 0.25) is 5.02 Å². The maximum atomic E-state index is 6.00. The van der Waals surface area contributed by atoms with Gasteiger partial charge in [0.1, 0.15) is 5.75 Å². The Hall–Kier alpha value is -1.78. The second kappa shape index (κ2) is 6.41. The van der Waals surface area contributed by atoms with E-state index in [-0.39, 0.29) is 0 Å². The fourth-order valence-electron chi connectivity index (χ4n) is 1.85. The Kier molecular flexibility index (Phi) is 4.60. The molecule has 0 spiro atoms. The molecule has 1 aromatic carbocycles.